The lowest BCUT2D eigenvalue weighted by molar-refractivity contribution is -0.150. The van der Waals surface area contributed by atoms with Gasteiger partial charge in [0, 0.05) is 11.7 Å². The molecule has 1 aromatic heterocycles. The fourth-order valence-electron chi connectivity index (χ4n) is 5.61. The molecule has 1 saturated heterocycles. The zero-order chi connectivity index (χ0) is 25.3. The molecule has 2 heterocycles. The van der Waals surface area contributed by atoms with Crippen molar-refractivity contribution in [3.63, 3.8) is 0 Å². The second-order valence-corrected chi connectivity index (χ2v) is 10.1. The van der Waals surface area contributed by atoms with Gasteiger partial charge in [-0.1, -0.05) is 19.8 Å². The number of hydrogen-bond acceptors (Lipinski definition) is 6. The summed E-state index contributed by atoms with van der Waals surface area (Å²) in [5.74, 6) is -0.912. The van der Waals surface area contributed by atoms with Crippen molar-refractivity contribution in [2.45, 2.75) is 83.7 Å². The molecule has 0 radical (unpaired) electrons. The number of carbonyl (C=O) groups is 4. The highest BCUT2D eigenvalue weighted by molar-refractivity contribution is 6.08. The third-order valence-electron chi connectivity index (χ3n) is 7.84. The largest absolute Gasteiger partial charge is 0.454 e. The normalized spacial score (nSPS) is 24.5. The number of carbonyl (C=O) groups excluding carboxylic acids is 4. The first-order valence-corrected chi connectivity index (χ1v) is 12.4. The number of ether oxygens (including phenoxy) is 1. The topological polar surface area (TPSA) is 134 Å². The second-order valence-electron chi connectivity index (χ2n) is 10.1. The average Bonchev–Trinajstić information content (AvgIpc) is 3.49. The Hall–Kier alpha value is -3.35. The molecule has 2 N–H and O–H groups in total. The molecule has 0 bridgehead atoms. The molecule has 10 nitrogen and oxygen atoms in total. The molecule has 4 amide bonds. The van der Waals surface area contributed by atoms with Gasteiger partial charge in [0.05, 0.1) is 5.56 Å². The van der Waals surface area contributed by atoms with Crippen molar-refractivity contribution in [1.82, 2.24) is 14.8 Å². The fourth-order valence-corrected chi connectivity index (χ4v) is 5.61. The van der Waals surface area contributed by atoms with Gasteiger partial charge in [-0.2, -0.15) is 5.26 Å². The zero-order valence-electron chi connectivity index (χ0n) is 20.6. The highest BCUT2D eigenvalue weighted by Gasteiger charge is 2.52. The van der Waals surface area contributed by atoms with Crippen LogP contribution in [0.2, 0.25) is 0 Å². The molecule has 0 atom stereocenters. The molecule has 35 heavy (non-hydrogen) atoms. The van der Waals surface area contributed by atoms with Crippen LogP contribution in [0.3, 0.4) is 0 Å². The van der Waals surface area contributed by atoms with Crippen LogP contribution in [0, 0.1) is 31.1 Å². The highest BCUT2D eigenvalue weighted by Crippen LogP contribution is 2.38. The summed E-state index contributed by atoms with van der Waals surface area (Å²) in [5.41, 5.74) is 1.22. The maximum Gasteiger partial charge on any atom is 0.326 e. The van der Waals surface area contributed by atoms with Crippen molar-refractivity contribution in [2.24, 2.45) is 5.92 Å². The van der Waals surface area contributed by atoms with E-state index in [-0.39, 0.29) is 6.04 Å². The quantitative estimate of drug-likeness (QED) is 0.472. The van der Waals surface area contributed by atoms with Crippen LogP contribution in [-0.4, -0.2) is 52.0 Å². The maximum atomic E-state index is 12.9. The van der Waals surface area contributed by atoms with Crippen LogP contribution in [0.1, 0.15) is 81.2 Å². The monoisotopic (exact) mass is 483 g/mol. The average molecular weight is 484 g/mol. The molecule has 10 heteroatoms. The number of hydrogen-bond donors (Lipinski definition) is 2. The lowest BCUT2D eigenvalue weighted by atomic mass is 9.77. The summed E-state index contributed by atoms with van der Waals surface area (Å²) in [6.45, 7) is 4.77. The summed E-state index contributed by atoms with van der Waals surface area (Å²) >= 11 is 0. The van der Waals surface area contributed by atoms with E-state index < -0.39 is 42.5 Å². The molecule has 1 spiro atoms. The first-order chi connectivity index (χ1) is 16.7. The number of nitrogens with one attached hydrogen (secondary N) is 2. The van der Waals surface area contributed by atoms with Gasteiger partial charge in [0.25, 0.3) is 11.8 Å². The van der Waals surface area contributed by atoms with E-state index in [4.69, 9.17) is 4.74 Å². The smallest absolute Gasteiger partial charge is 0.326 e. The van der Waals surface area contributed by atoms with Crippen LogP contribution in [0.25, 0.3) is 0 Å². The summed E-state index contributed by atoms with van der Waals surface area (Å²) in [6.07, 6.45) is 6.90. The van der Waals surface area contributed by atoms with E-state index >= 15 is 0 Å². The van der Waals surface area contributed by atoms with Crippen molar-refractivity contribution in [3.8, 4) is 6.07 Å². The van der Waals surface area contributed by atoms with Crippen molar-refractivity contribution in [1.29, 1.82) is 5.26 Å². The third-order valence-corrected chi connectivity index (χ3v) is 7.84. The van der Waals surface area contributed by atoms with Gasteiger partial charge in [0.2, 0.25) is 0 Å². The molecule has 0 unspecified atom stereocenters. The van der Waals surface area contributed by atoms with Gasteiger partial charge in [-0.3, -0.25) is 19.3 Å². The molecule has 3 fully saturated rings. The van der Waals surface area contributed by atoms with Crippen molar-refractivity contribution >= 4 is 29.6 Å². The third kappa shape index (κ3) is 4.64. The number of nitrogens with zero attached hydrogens (tertiary/aromatic N) is 3. The predicted octanol–water partition coefficient (Wildman–Crippen LogP) is 3.07. The molecule has 1 aliphatic heterocycles. The minimum atomic E-state index is -0.934. The molecular weight excluding hydrogens is 450 g/mol. The molecule has 3 aliphatic rings. The number of nitriles is 1. The van der Waals surface area contributed by atoms with Crippen molar-refractivity contribution in [3.05, 3.63) is 16.8 Å². The van der Waals surface area contributed by atoms with Gasteiger partial charge in [0.15, 0.2) is 6.61 Å². The van der Waals surface area contributed by atoms with E-state index in [2.05, 4.69) is 23.6 Å². The van der Waals surface area contributed by atoms with Gasteiger partial charge in [0.1, 0.15) is 24.0 Å². The first-order valence-electron chi connectivity index (χ1n) is 12.4. The Morgan fingerprint density at radius 1 is 1.17 bits per heavy atom. The molecule has 2 aliphatic carbocycles. The standard InChI is InChI=1S/C25H33N5O5/c1-15-8-10-25(11-9-15)23(33)29(24(34)28-25)13-21(32)35-14-20(31)27-22-19(12-26)16(2)17(3)30(22)18-6-4-5-7-18/h15,18H,4-11,13-14H2,1-3H3,(H,27,31)(H,28,34). The van der Waals surface area contributed by atoms with Crippen LogP contribution >= 0.6 is 0 Å². The minimum Gasteiger partial charge on any atom is -0.454 e. The number of urea groups is 1. The molecule has 1 aromatic rings. The molecule has 0 aromatic carbocycles. The zero-order valence-corrected chi connectivity index (χ0v) is 20.6. The molecule has 188 valence electrons. The van der Waals surface area contributed by atoms with E-state index in [1.807, 2.05) is 18.4 Å². The number of rotatable bonds is 6. The van der Waals surface area contributed by atoms with Gasteiger partial charge >= 0.3 is 12.0 Å². The van der Waals surface area contributed by atoms with Crippen molar-refractivity contribution in [2.75, 3.05) is 18.5 Å². The van der Waals surface area contributed by atoms with Crippen LogP contribution < -0.4 is 10.6 Å². The van der Waals surface area contributed by atoms with E-state index in [1.165, 1.54) is 0 Å². The summed E-state index contributed by atoms with van der Waals surface area (Å²) in [4.78, 5) is 51.2. The van der Waals surface area contributed by atoms with E-state index in [0.29, 0.717) is 30.1 Å². The summed E-state index contributed by atoms with van der Waals surface area (Å²) in [5, 5.41) is 15.2. The minimum absolute atomic E-state index is 0.212. The van der Waals surface area contributed by atoms with E-state index in [1.54, 1.807) is 0 Å². The molecule has 2 saturated carbocycles. The van der Waals surface area contributed by atoms with Gasteiger partial charge in [-0.15, -0.1) is 0 Å². The van der Waals surface area contributed by atoms with Gasteiger partial charge in [-0.25, -0.2) is 4.79 Å². The Labute approximate surface area is 205 Å². The van der Waals surface area contributed by atoms with Crippen LogP contribution in [0.15, 0.2) is 0 Å². The van der Waals surface area contributed by atoms with E-state index in [9.17, 15) is 24.4 Å². The Morgan fingerprint density at radius 2 is 1.83 bits per heavy atom. The van der Waals surface area contributed by atoms with Gasteiger partial charge < -0.3 is 19.9 Å². The summed E-state index contributed by atoms with van der Waals surface area (Å²) in [7, 11) is 0. The highest BCUT2D eigenvalue weighted by atomic mass is 16.5. The SMILES string of the molecule is Cc1c(C#N)c(NC(=O)COC(=O)CN2C(=O)NC3(CCC(C)CC3)C2=O)n(C2CCCC2)c1C. The van der Waals surface area contributed by atoms with Gasteiger partial charge in [-0.05, 0) is 63.9 Å². The number of aromatic nitrogens is 1. The number of imide groups is 1. The lowest BCUT2D eigenvalue weighted by Crippen LogP contribution is -2.49. The second kappa shape index (κ2) is 9.72. The Morgan fingerprint density at radius 3 is 2.46 bits per heavy atom. The Balaban J connectivity index is 1.36. The number of esters is 1. The maximum absolute atomic E-state index is 12.9. The lowest BCUT2D eigenvalue weighted by Gasteiger charge is -2.33. The molecular formula is C25H33N5O5. The van der Waals surface area contributed by atoms with Crippen LogP contribution in [0.4, 0.5) is 10.6 Å². The number of amides is 4. The van der Waals surface area contributed by atoms with Crippen molar-refractivity contribution < 1.29 is 23.9 Å². The molecule has 4 rings (SSSR count). The number of anilines is 1. The van der Waals surface area contributed by atoms with Crippen LogP contribution in [0.5, 0.6) is 0 Å². The predicted molar refractivity (Wildman–Crippen MR) is 126 cm³/mol. The summed E-state index contributed by atoms with van der Waals surface area (Å²) in [6, 6.07) is 1.78. The Kier molecular flexibility index (Phi) is 6.88. The van der Waals surface area contributed by atoms with Crippen LogP contribution in [-0.2, 0) is 19.1 Å². The summed E-state index contributed by atoms with van der Waals surface area (Å²) < 4.78 is 7.10. The Bertz CT molecular complexity index is 1090. The fraction of sp³-hybridized carbons (Fsp3) is 0.640. The van der Waals surface area contributed by atoms with E-state index in [0.717, 1.165) is 54.7 Å². The first kappa shape index (κ1) is 24.8.